The highest BCUT2D eigenvalue weighted by atomic mass is 79.9. The molecule has 0 aromatic carbocycles. The molecule has 18 heavy (non-hydrogen) atoms. The highest BCUT2D eigenvalue weighted by Crippen LogP contribution is 2.44. The van der Waals surface area contributed by atoms with E-state index in [1.54, 1.807) is 0 Å². The molecule has 0 bridgehead atoms. The number of carbonyl (C=O) groups excluding carboxylic acids is 1. The molecule has 0 aromatic rings. The summed E-state index contributed by atoms with van der Waals surface area (Å²) in [6, 6.07) is 0. The molecule has 0 spiro atoms. The van der Waals surface area contributed by atoms with E-state index in [9.17, 15) is 4.79 Å². The van der Waals surface area contributed by atoms with Crippen molar-refractivity contribution in [2.45, 2.75) is 64.1 Å². The van der Waals surface area contributed by atoms with Gasteiger partial charge in [0.05, 0.1) is 0 Å². The van der Waals surface area contributed by atoms with E-state index in [0.29, 0.717) is 16.7 Å². The molecule has 0 radical (unpaired) electrons. The lowest BCUT2D eigenvalue weighted by molar-refractivity contribution is -0.141. The Morgan fingerprint density at radius 2 is 1.83 bits per heavy atom. The molecule has 1 aliphatic carbocycles. The summed E-state index contributed by atoms with van der Waals surface area (Å²) in [5.74, 6) is 0.998. The summed E-state index contributed by atoms with van der Waals surface area (Å²) in [6.45, 7) is 7.46. The fourth-order valence-corrected chi connectivity index (χ4v) is 3.42. The standard InChI is InChI=1S/C15H28BrNO/c1-12(2)11-15(8-5-6-9-15)14(18)17(4)10-7-13(3)16/h12-13H,5-11H2,1-4H3. The third-order valence-corrected chi connectivity index (χ3v) is 4.48. The zero-order valence-electron chi connectivity index (χ0n) is 12.3. The van der Waals surface area contributed by atoms with Gasteiger partial charge in [-0.1, -0.05) is 49.5 Å². The van der Waals surface area contributed by atoms with Crippen molar-refractivity contribution in [3.63, 3.8) is 0 Å². The van der Waals surface area contributed by atoms with Crippen LogP contribution in [-0.4, -0.2) is 29.2 Å². The number of amides is 1. The first-order valence-corrected chi connectivity index (χ1v) is 8.18. The molecule has 0 saturated heterocycles. The Kier molecular flexibility index (Phi) is 6.16. The lowest BCUT2D eigenvalue weighted by atomic mass is 9.77. The van der Waals surface area contributed by atoms with Crippen molar-refractivity contribution in [2.24, 2.45) is 11.3 Å². The fraction of sp³-hybridized carbons (Fsp3) is 0.933. The Balaban J connectivity index is 2.64. The summed E-state index contributed by atoms with van der Waals surface area (Å²) in [5, 5.41) is 0. The van der Waals surface area contributed by atoms with Crippen LogP contribution >= 0.6 is 15.9 Å². The van der Waals surface area contributed by atoms with E-state index < -0.39 is 0 Å². The van der Waals surface area contributed by atoms with E-state index in [-0.39, 0.29) is 5.41 Å². The lowest BCUT2D eigenvalue weighted by Crippen LogP contribution is -2.42. The number of hydrogen-bond acceptors (Lipinski definition) is 1. The molecular weight excluding hydrogens is 290 g/mol. The van der Waals surface area contributed by atoms with Crippen molar-refractivity contribution >= 4 is 21.8 Å². The predicted octanol–water partition coefficient (Wildman–Crippen LogP) is 4.22. The summed E-state index contributed by atoms with van der Waals surface area (Å²) in [7, 11) is 1.97. The summed E-state index contributed by atoms with van der Waals surface area (Å²) in [6.07, 6.45) is 6.72. The number of alkyl halides is 1. The molecule has 3 heteroatoms. The van der Waals surface area contributed by atoms with Crippen LogP contribution in [0.1, 0.15) is 59.3 Å². The molecule has 0 heterocycles. The topological polar surface area (TPSA) is 20.3 Å². The third-order valence-electron chi connectivity index (χ3n) is 4.02. The molecular formula is C15H28BrNO. The van der Waals surface area contributed by atoms with Gasteiger partial charge in [0, 0.05) is 23.8 Å². The first-order valence-electron chi connectivity index (χ1n) is 7.27. The summed E-state index contributed by atoms with van der Waals surface area (Å²) >= 11 is 3.55. The third kappa shape index (κ3) is 4.25. The molecule has 1 unspecified atom stereocenters. The van der Waals surface area contributed by atoms with Crippen molar-refractivity contribution in [3.8, 4) is 0 Å². The highest BCUT2D eigenvalue weighted by Gasteiger charge is 2.42. The maximum atomic E-state index is 12.7. The van der Waals surface area contributed by atoms with Gasteiger partial charge >= 0.3 is 0 Å². The molecule has 0 aliphatic heterocycles. The molecule has 1 fully saturated rings. The smallest absolute Gasteiger partial charge is 0.228 e. The monoisotopic (exact) mass is 317 g/mol. The number of hydrogen-bond donors (Lipinski definition) is 0. The van der Waals surface area contributed by atoms with Gasteiger partial charge in [0.25, 0.3) is 0 Å². The molecule has 2 nitrogen and oxygen atoms in total. The maximum absolute atomic E-state index is 12.7. The van der Waals surface area contributed by atoms with Gasteiger partial charge in [-0.3, -0.25) is 4.79 Å². The van der Waals surface area contributed by atoms with Gasteiger partial charge < -0.3 is 4.90 Å². The Hall–Kier alpha value is -0.0500. The number of nitrogens with zero attached hydrogens (tertiary/aromatic N) is 1. The normalized spacial score (nSPS) is 20.1. The van der Waals surface area contributed by atoms with Crippen LogP contribution < -0.4 is 0 Å². The second kappa shape index (κ2) is 6.93. The number of carbonyl (C=O) groups is 1. The van der Waals surface area contributed by atoms with Crippen LogP contribution in [0.15, 0.2) is 0 Å². The van der Waals surface area contributed by atoms with Crippen molar-refractivity contribution in [1.82, 2.24) is 4.90 Å². The molecule has 106 valence electrons. The first-order chi connectivity index (χ1) is 8.37. The van der Waals surface area contributed by atoms with Gasteiger partial charge in [0.15, 0.2) is 0 Å². The summed E-state index contributed by atoms with van der Waals surface area (Å²) in [4.78, 5) is 15.2. The fourth-order valence-electron chi connectivity index (χ4n) is 3.22. The van der Waals surface area contributed by atoms with Gasteiger partial charge in [-0.2, -0.15) is 0 Å². The molecule has 1 amide bonds. The number of halogens is 1. The van der Waals surface area contributed by atoms with Crippen LogP contribution in [0.2, 0.25) is 0 Å². The molecule has 1 rings (SSSR count). The van der Waals surface area contributed by atoms with E-state index in [1.165, 1.54) is 12.8 Å². The minimum atomic E-state index is -0.0432. The van der Waals surface area contributed by atoms with E-state index in [1.807, 2.05) is 11.9 Å². The van der Waals surface area contributed by atoms with Crippen LogP contribution in [0, 0.1) is 11.3 Å². The zero-order valence-corrected chi connectivity index (χ0v) is 13.9. The largest absolute Gasteiger partial charge is 0.345 e. The van der Waals surface area contributed by atoms with E-state index in [2.05, 4.69) is 36.7 Å². The Morgan fingerprint density at radius 3 is 2.28 bits per heavy atom. The van der Waals surface area contributed by atoms with Gasteiger partial charge in [-0.25, -0.2) is 0 Å². The van der Waals surface area contributed by atoms with Crippen molar-refractivity contribution < 1.29 is 4.79 Å². The van der Waals surface area contributed by atoms with E-state index in [0.717, 1.165) is 32.2 Å². The summed E-state index contributed by atoms with van der Waals surface area (Å²) < 4.78 is 0. The average molecular weight is 318 g/mol. The molecule has 0 N–H and O–H groups in total. The van der Waals surface area contributed by atoms with Crippen LogP contribution in [0.3, 0.4) is 0 Å². The van der Waals surface area contributed by atoms with Crippen LogP contribution in [-0.2, 0) is 4.79 Å². The minimum Gasteiger partial charge on any atom is -0.345 e. The van der Waals surface area contributed by atoms with Crippen LogP contribution in [0.5, 0.6) is 0 Å². The number of rotatable bonds is 6. The van der Waals surface area contributed by atoms with Crippen LogP contribution in [0.25, 0.3) is 0 Å². The zero-order chi connectivity index (χ0) is 13.8. The van der Waals surface area contributed by atoms with Crippen LogP contribution in [0.4, 0.5) is 0 Å². The predicted molar refractivity (Wildman–Crippen MR) is 81.0 cm³/mol. The van der Waals surface area contributed by atoms with Gasteiger partial charge in [0.2, 0.25) is 5.91 Å². The second-order valence-electron chi connectivity index (χ2n) is 6.38. The summed E-state index contributed by atoms with van der Waals surface area (Å²) in [5.41, 5.74) is -0.0432. The first kappa shape index (κ1) is 16.0. The minimum absolute atomic E-state index is 0.0432. The highest BCUT2D eigenvalue weighted by molar-refractivity contribution is 9.09. The van der Waals surface area contributed by atoms with Gasteiger partial charge in [0.1, 0.15) is 0 Å². The lowest BCUT2D eigenvalue weighted by Gasteiger charge is -2.34. The average Bonchev–Trinajstić information content (AvgIpc) is 2.73. The molecule has 1 atom stereocenters. The van der Waals surface area contributed by atoms with Crippen molar-refractivity contribution in [1.29, 1.82) is 0 Å². The Morgan fingerprint density at radius 1 is 1.28 bits per heavy atom. The Labute approximate surface area is 121 Å². The Bertz CT molecular complexity index is 270. The quantitative estimate of drug-likeness (QED) is 0.671. The second-order valence-corrected chi connectivity index (χ2v) is 7.94. The van der Waals surface area contributed by atoms with Gasteiger partial charge in [-0.05, 0) is 31.6 Å². The van der Waals surface area contributed by atoms with Crippen molar-refractivity contribution in [2.75, 3.05) is 13.6 Å². The SMILES string of the molecule is CC(C)CC1(C(=O)N(C)CCC(C)Br)CCCC1. The molecule has 1 aliphatic rings. The molecule has 1 saturated carbocycles. The molecule has 0 aromatic heterocycles. The van der Waals surface area contributed by atoms with E-state index in [4.69, 9.17) is 0 Å². The maximum Gasteiger partial charge on any atom is 0.228 e. The van der Waals surface area contributed by atoms with Gasteiger partial charge in [-0.15, -0.1) is 0 Å². The van der Waals surface area contributed by atoms with E-state index >= 15 is 0 Å². The van der Waals surface area contributed by atoms with Crippen molar-refractivity contribution in [3.05, 3.63) is 0 Å².